The second-order valence-electron chi connectivity index (χ2n) is 4.01. The van der Waals surface area contributed by atoms with Crippen molar-refractivity contribution in [2.75, 3.05) is 13.0 Å². The first kappa shape index (κ1) is 13.4. The van der Waals surface area contributed by atoms with Crippen LogP contribution in [0.4, 0.5) is 0 Å². The number of hydrogen-bond acceptors (Lipinski definition) is 8. The molecule has 108 valence electrons. The minimum atomic E-state index is 0.414. The van der Waals surface area contributed by atoms with Crippen LogP contribution in [0, 0.1) is 0 Å². The number of hydrogen-bond donors (Lipinski definition) is 1. The molecule has 9 heteroatoms. The van der Waals surface area contributed by atoms with Crippen molar-refractivity contribution in [3.63, 3.8) is 0 Å². The first-order chi connectivity index (χ1) is 10.3. The largest absolute Gasteiger partial charge is 0.496 e. The van der Waals surface area contributed by atoms with Gasteiger partial charge in [-0.3, -0.25) is 0 Å². The average Bonchev–Trinajstić information content (AvgIpc) is 3.14. The van der Waals surface area contributed by atoms with E-state index in [1.165, 1.54) is 22.8 Å². The lowest BCUT2D eigenvalue weighted by atomic mass is 10.2. The second-order valence-corrected chi connectivity index (χ2v) is 4.95. The van der Waals surface area contributed by atoms with Gasteiger partial charge in [-0.05, 0) is 12.1 Å². The number of nitrogens with two attached hydrogens (primary N) is 1. The van der Waals surface area contributed by atoms with Crippen LogP contribution < -0.4 is 10.6 Å². The van der Waals surface area contributed by atoms with Crippen molar-refractivity contribution in [3.05, 3.63) is 36.5 Å². The predicted molar refractivity (Wildman–Crippen MR) is 76.0 cm³/mol. The van der Waals surface area contributed by atoms with Gasteiger partial charge in [-0.25, -0.2) is 4.68 Å². The maximum Gasteiger partial charge on any atom is 0.251 e. The maximum absolute atomic E-state index is 5.63. The van der Waals surface area contributed by atoms with E-state index in [1.54, 1.807) is 7.11 Å². The monoisotopic (exact) mass is 304 g/mol. The molecule has 0 saturated heterocycles. The summed E-state index contributed by atoms with van der Waals surface area (Å²) in [5, 5.41) is 16.2. The molecule has 0 aliphatic rings. The molecule has 21 heavy (non-hydrogen) atoms. The van der Waals surface area contributed by atoms with E-state index >= 15 is 0 Å². The molecule has 0 radical (unpaired) electrons. The Labute approximate surface area is 124 Å². The van der Waals surface area contributed by atoms with Crippen LogP contribution in [0.15, 0.2) is 40.2 Å². The smallest absolute Gasteiger partial charge is 0.251 e. The first-order valence-electron chi connectivity index (χ1n) is 6.01. The molecule has 0 amide bonds. The fraction of sp³-hybridized carbons (Fsp3) is 0.167. The molecule has 0 saturated carbocycles. The van der Waals surface area contributed by atoms with Gasteiger partial charge in [0.25, 0.3) is 5.89 Å². The minimum absolute atomic E-state index is 0.414. The Morgan fingerprint density at radius 2 is 2.14 bits per heavy atom. The molecule has 0 aliphatic carbocycles. The second kappa shape index (κ2) is 5.83. The summed E-state index contributed by atoms with van der Waals surface area (Å²) in [5.41, 5.74) is 0.755. The van der Waals surface area contributed by atoms with Crippen molar-refractivity contribution in [1.29, 1.82) is 0 Å². The van der Waals surface area contributed by atoms with Crippen molar-refractivity contribution >= 4 is 11.8 Å². The zero-order valence-electron chi connectivity index (χ0n) is 11.1. The number of para-hydroxylation sites is 1. The van der Waals surface area contributed by atoms with Crippen molar-refractivity contribution in [2.24, 2.45) is 0 Å². The van der Waals surface area contributed by atoms with E-state index in [1.807, 2.05) is 24.3 Å². The quantitative estimate of drug-likeness (QED) is 0.556. The fourth-order valence-electron chi connectivity index (χ4n) is 1.70. The van der Waals surface area contributed by atoms with E-state index in [0.717, 1.165) is 5.56 Å². The fourth-order valence-corrected chi connectivity index (χ4v) is 2.37. The summed E-state index contributed by atoms with van der Waals surface area (Å²) < 4.78 is 12.2. The van der Waals surface area contributed by atoms with Gasteiger partial charge in [0.15, 0.2) is 0 Å². The van der Waals surface area contributed by atoms with Crippen LogP contribution in [-0.4, -0.2) is 32.2 Å². The maximum atomic E-state index is 5.63. The molecule has 2 heterocycles. The standard InChI is InChI=1S/C12H12N6O2S/c1-19-9-5-3-2-4-8(9)11-16-15-10(20-11)6-21-12-17-14-7-18(12)13/h2-5,7H,6,13H2,1H3. The van der Waals surface area contributed by atoms with Gasteiger partial charge in [-0.15, -0.1) is 20.4 Å². The van der Waals surface area contributed by atoms with Gasteiger partial charge < -0.3 is 15.0 Å². The van der Waals surface area contributed by atoms with Crippen LogP contribution in [0.25, 0.3) is 11.5 Å². The Balaban J connectivity index is 1.76. The van der Waals surface area contributed by atoms with E-state index in [2.05, 4.69) is 20.4 Å². The first-order valence-corrected chi connectivity index (χ1v) is 7.00. The Hall–Kier alpha value is -2.55. The normalized spacial score (nSPS) is 10.7. The highest BCUT2D eigenvalue weighted by Gasteiger charge is 2.13. The molecule has 1 aromatic carbocycles. The summed E-state index contributed by atoms with van der Waals surface area (Å²) in [5.74, 6) is 7.66. The van der Waals surface area contributed by atoms with Gasteiger partial charge in [-0.1, -0.05) is 23.9 Å². The summed E-state index contributed by atoms with van der Waals surface area (Å²) >= 11 is 1.36. The molecule has 2 aromatic heterocycles. The molecule has 0 spiro atoms. The zero-order chi connectivity index (χ0) is 14.7. The summed E-state index contributed by atoms with van der Waals surface area (Å²) in [6.45, 7) is 0. The van der Waals surface area contributed by atoms with Gasteiger partial charge in [0.1, 0.15) is 12.1 Å². The Morgan fingerprint density at radius 1 is 1.29 bits per heavy atom. The number of rotatable bonds is 5. The highest BCUT2D eigenvalue weighted by Crippen LogP contribution is 2.29. The van der Waals surface area contributed by atoms with Gasteiger partial charge >= 0.3 is 0 Å². The lowest BCUT2D eigenvalue weighted by Gasteiger charge is -2.03. The number of benzene rings is 1. The average molecular weight is 304 g/mol. The highest BCUT2D eigenvalue weighted by molar-refractivity contribution is 7.98. The Morgan fingerprint density at radius 3 is 2.90 bits per heavy atom. The van der Waals surface area contributed by atoms with Crippen LogP contribution in [0.2, 0.25) is 0 Å². The number of ether oxygens (including phenoxy) is 1. The van der Waals surface area contributed by atoms with Crippen LogP contribution >= 0.6 is 11.8 Å². The number of nitrogens with zero attached hydrogens (tertiary/aromatic N) is 5. The molecular formula is C12H12N6O2S. The molecule has 0 fully saturated rings. The molecule has 8 nitrogen and oxygen atoms in total. The van der Waals surface area contributed by atoms with Gasteiger partial charge in [-0.2, -0.15) is 0 Å². The molecule has 0 aliphatic heterocycles. The van der Waals surface area contributed by atoms with Gasteiger partial charge in [0.05, 0.1) is 18.4 Å². The van der Waals surface area contributed by atoms with Crippen LogP contribution in [-0.2, 0) is 5.75 Å². The molecule has 3 rings (SSSR count). The van der Waals surface area contributed by atoms with E-state index in [4.69, 9.17) is 15.0 Å². The van der Waals surface area contributed by atoms with Crippen molar-refractivity contribution in [3.8, 4) is 17.2 Å². The molecule has 0 unspecified atom stereocenters. The van der Waals surface area contributed by atoms with E-state index < -0.39 is 0 Å². The summed E-state index contributed by atoms with van der Waals surface area (Å²) in [4.78, 5) is 0. The summed E-state index contributed by atoms with van der Waals surface area (Å²) in [6, 6.07) is 7.46. The number of methoxy groups -OCH3 is 1. The summed E-state index contributed by atoms with van der Waals surface area (Å²) in [6.07, 6.45) is 1.43. The number of aromatic nitrogens is 5. The highest BCUT2D eigenvalue weighted by atomic mass is 32.2. The summed E-state index contributed by atoms with van der Waals surface area (Å²) in [7, 11) is 1.60. The zero-order valence-corrected chi connectivity index (χ0v) is 11.9. The van der Waals surface area contributed by atoms with Crippen LogP contribution in [0.1, 0.15) is 5.89 Å². The van der Waals surface area contributed by atoms with Crippen LogP contribution in [0.5, 0.6) is 5.75 Å². The van der Waals surface area contributed by atoms with Crippen molar-refractivity contribution < 1.29 is 9.15 Å². The Kier molecular flexibility index (Phi) is 3.73. The third-order valence-electron chi connectivity index (χ3n) is 2.67. The molecule has 3 aromatic rings. The predicted octanol–water partition coefficient (Wildman–Crippen LogP) is 1.34. The minimum Gasteiger partial charge on any atom is -0.496 e. The number of nitrogen functional groups attached to an aromatic ring is 1. The SMILES string of the molecule is COc1ccccc1-c1nnc(CSc2nncn2N)o1. The van der Waals surface area contributed by atoms with E-state index in [-0.39, 0.29) is 0 Å². The molecular weight excluding hydrogens is 292 g/mol. The van der Waals surface area contributed by atoms with Gasteiger partial charge in [0, 0.05) is 0 Å². The van der Waals surface area contributed by atoms with Crippen molar-refractivity contribution in [2.45, 2.75) is 10.9 Å². The van der Waals surface area contributed by atoms with E-state index in [0.29, 0.717) is 28.4 Å². The Bertz CT molecular complexity index is 741. The topological polar surface area (TPSA) is 105 Å². The molecule has 2 N–H and O–H groups in total. The molecule has 0 bridgehead atoms. The van der Waals surface area contributed by atoms with Gasteiger partial charge in [0.2, 0.25) is 11.0 Å². The lowest BCUT2D eigenvalue weighted by molar-refractivity contribution is 0.414. The lowest BCUT2D eigenvalue weighted by Crippen LogP contribution is -2.07. The van der Waals surface area contributed by atoms with Crippen LogP contribution in [0.3, 0.4) is 0 Å². The third-order valence-corrected chi connectivity index (χ3v) is 3.61. The number of thioether (sulfide) groups is 1. The van der Waals surface area contributed by atoms with E-state index in [9.17, 15) is 0 Å². The molecule has 0 atom stereocenters. The third kappa shape index (κ3) is 2.82. The van der Waals surface area contributed by atoms with Crippen molar-refractivity contribution in [1.82, 2.24) is 25.1 Å².